The molecule has 20 heteroatoms. The molecule has 2 saturated heterocycles. The van der Waals surface area contributed by atoms with Crippen LogP contribution in [0.4, 0.5) is 39.5 Å². The third-order valence-corrected chi connectivity index (χ3v) is 6.37. The maximum Gasteiger partial charge on any atom is 0.490 e. The molecule has 0 unspecified atom stereocenters. The third-order valence-electron chi connectivity index (χ3n) is 6.37. The first-order chi connectivity index (χ1) is 21.1. The van der Waals surface area contributed by atoms with Crippen LogP contribution < -0.4 is 0 Å². The fourth-order valence-corrected chi connectivity index (χ4v) is 4.46. The number of nitrogens with zero attached hydrogens (tertiary/aromatic N) is 3. The fourth-order valence-electron chi connectivity index (χ4n) is 4.46. The van der Waals surface area contributed by atoms with E-state index in [2.05, 4.69) is 33.0 Å². The molecule has 0 radical (unpaired) electrons. The van der Waals surface area contributed by atoms with Crippen LogP contribution in [0.2, 0.25) is 0 Å². The van der Waals surface area contributed by atoms with Gasteiger partial charge in [0.05, 0.1) is 12.6 Å². The van der Waals surface area contributed by atoms with Gasteiger partial charge in [-0.1, -0.05) is 6.07 Å². The maximum atomic E-state index is 10.6. The molecule has 2 aliphatic heterocycles. The van der Waals surface area contributed by atoms with Gasteiger partial charge in [0, 0.05) is 57.6 Å². The number of aryl methyl sites for hydroxylation is 1. The van der Waals surface area contributed by atoms with Crippen LogP contribution in [0.25, 0.3) is 0 Å². The Morgan fingerprint density at radius 2 is 1.41 bits per heavy atom. The second kappa shape index (κ2) is 17.1. The van der Waals surface area contributed by atoms with Crippen LogP contribution in [0, 0.1) is 12.8 Å². The number of fused-ring (bicyclic) bond motifs is 1. The minimum absolute atomic E-state index is 0.360. The van der Waals surface area contributed by atoms with Gasteiger partial charge in [-0.15, -0.1) is 0 Å². The van der Waals surface area contributed by atoms with Gasteiger partial charge in [-0.25, -0.2) is 14.4 Å². The first kappa shape index (κ1) is 40.1. The number of aliphatic carboxylic acids is 3. The summed E-state index contributed by atoms with van der Waals surface area (Å²) in [5.74, 6) is -5.65. The van der Waals surface area contributed by atoms with Crippen LogP contribution in [0.5, 0.6) is 0 Å². The van der Waals surface area contributed by atoms with Gasteiger partial charge >= 0.3 is 36.4 Å². The van der Waals surface area contributed by atoms with Gasteiger partial charge in [0.1, 0.15) is 11.5 Å². The molecule has 0 spiro atoms. The van der Waals surface area contributed by atoms with Gasteiger partial charge < -0.3 is 24.5 Å². The summed E-state index contributed by atoms with van der Waals surface area (Å²) in [6, 6.07) is 8.86. The summed E-state index contributed by atoms with van der Waals surface area (Å²) in [6.45, 7) is 7.11. The molecular weight excluding hydrogens is 653 g/mol. The van der Waals surface area contributed by atoms with E-state index in [0.29, 0.717) is 18.1 Å². The Morgan fingerprint density at radius 1 is 0.891 bits per heavy atom. The number of hydrogen-bond acceptors (Lipinski definition) is 8. The number of hydrogen-bond donors (Lipinski definition) is 3. The molecule has 4 heterocycles. The Bertz CT molecular complexity index is 1200. The molecule has 0 saturated carbocycles. The van der Waals surface area contributed by atoms with Crippen LogP contribution in [0.15, 0.2) is 41.1 Å². The number of likely N-dealkylation sites (tertiary alicyclic amines) is 2. The van der Waals surface area contributed by atoms with E-state index in [0.717, 1.165) is 50.7 Å². The molecule has 4 rings (SSSR count). The molecule has 260 valence electrons. The van der Waals surface area contributed by atoms with Crippen molar-refractivity contribution >= 4 is 17.9 Å². The SMILES string of the molecule is CO[C@@H]1CCN(Cc2ccc(C)o2)[C@@H]2CN(Cc3cccnc3)C[C@@H]21.O=C(O)C(F)(F)F.O=C(O)C(F)(F)F.O=C(O)C(F)(F)F. The number of alkyl halides is 9. The summed E-state index contributed by atoms with van der Waals surface area (Å²) in [4.78, 5) is 36.1. The number of furan rings is 1. The van der Waals surface area contributed by atoms with Crippen molar-refractivity contribution in [1.82, 2.24) is 14.8 Å². The Hall–Kier alpha value is -3.91. The van der Waals surface area contributed by atoms with Crippen molar-refractivity contribution in [2.75, 3.05) is 26.7 Å². The summed E-state index contributed by atoms with van der Waals surface area (Å²) < 4.78 is 107. The van der Waals surface area contributed by atoms with Crippen LogP contribution >= 0.6 is 0 Å². The van der Waals surface area contributed by atoms with Gasteiger partial charge in [0.15, 0.2) is 0 Å². The molecule has 0 aliphatic carbocycles. The standard InChI is InChI=1S/C20H27N3O2.3C2HF3O2/c1-15-5-6-17(25-15)12-23-9-7-20(24-2)18-13-22(14-19(18)23)11-16-4-3-8-21-10-16;3*3-2(4,5)1(6)7/h3-6,8,10,18-20H,7,9,11-14H2,1-2H3;3*(H,6,7)/t18-,19+,20+;;;/m0.../s1. The number of carbonyl (C=O) groups is 3. The topological polar surface area (TPSA) is 154 Å². The fraction of sp³-hybridized carbons (Fsp3) is 0.538. The highest BCUT2D eigenvalue weighted by molar-refractivity contribution is 5.73. The second-order valence-corrected chi connectivity index (χ2v) is 9.74. The van der Waals surface area contributed by atoms with Gasteiger partial charge in [0.2, 0.25) is 0 Å². The lowest BCUT2D eigenvalue weighted by Crippen LogP contribution is -2.50. The minimum atomic E-state index is -5.08. The quantitative estimate of drug-likeness (QED) is 0.379. The number of piperidine rings is 1. The molecular formula is C26H30F9N3O8. The number of carboxylic acid groups (broad SMARTS) is 3. The first-order valence-electron chi connectivity index (χ1n) is 12.9. The normalized spacial score (nSPS) is 20.1. The average Bonchev–Trinajstić information content (AvgIpc) is 3.55. The molecule has 0 bridgehead atoms. The van der Waals surface area contributed by atoms with Crippen molar-refractivity contribution in [2.24, 2.45) is 5.92 Å². The molecule has 11 nitrogen and oxygen atoms in total. The monoisotopic (exact) mass is 683 g/mol. The van der Waals surface area contributed by atoms with Crippen molar-refractivity contribution in [3.05, 3.63) is 53.7 Å². The number of halogens is 9. The average molecular weight is 684 g/mol. The van der Waals surface area contributed by atoms with E-state index in [4.69, 9.17) is 38.9 Å². The second-order valence-electron chi connectivity index (χ2n) is 9.74. The number of pyridine rings is 1. The number of methoxy groups -OCH3 is 1. The van der Waals surface area contributed by atoms with Crippen molar-refractivity contribution in [2.45, 2.75) is 57.1 Å². The van der Waals surface area contributed by atoms with Crippen molar-refractivity contribution in [3.63, 3.8) is 0 Å². The maximum absolute atomic E-state index is 10.6. The minimum Gasteiger partial charge on any atom is -0.475 e. The third kappa shape index (κ3) is 14.0. The van der Waals surface area contributed by atoms with Crippen molar-refractivity contribution in [1.29, 1.82) is 0 Å². The molecule has 3 atom stereocenters. The van der Waals surface area contributed by atoms with E-state index in [9.17, 15) is 39.5 Å². The van der Waals surface area contributed by atoms with Crippen molar-refractivity contribution in [3.8, 4) is 0 Å². The zero-order chi connectivity index (χ0) is 35.5. The lowest BCUT2D eigenvalue weighted by Gasteiger charge is -2.40. The van der Waals surface area contributed by atoms with Gasteiger partial charge in [0.25, 0.3) is 0 Å². The number of rotatable bonds is 5. The summed E-state index contributed by atoms with van der Waals surface area (Å²) in [5, 5.41) is 21.4. The van der Waals surface area contributed by atoms with Gasteiger partial charge in [-0.3, -0.25) is 14.8 Å². The van der Waals surface area contributed by atoms with Crippen LogP contribution in [0.1, 0.15) is 23.5 Å². The van der Waals surface area contributed by atoms with Crippen molar-refractivity contribution < 1.29 is 78.4 Å². The molecule has 2 aromatic rings. The molecule has 2 aliphatic rings. The van der Waals surface area contributed by atoms with E-state index in [-0.39, 0.29) is 0 Å². The molecule has 0 amide bonds. The predicted molar refractivity (Wildman–Crippen MR) is 137 cm³/mol. The highest BCUT2D eigenvalue weighted by atomic mass is 19.4. The van der Waals surface area contributed by atoms with Gasteiger partial charge in [-0.05, 0) is 37.1 Å². The van der Waals surface area contributed by atoms with E-state index >= 15 is 0 Å². The van der Waals surface area contributed by atoms with E-state index in [1.54, 1.807) is 0 Å². The van der Waals surface area contributed by atoms with Gasteiger partial charge in [-0.2, -0.15) is 39.5 Å². The lowest BCUT2D eigenvalue weighted by molar-refractivity contribution is -0.193. The molecule has 3 N–H and O–H groups in total. The largest absolute Gasteiger partial charge is 0.490 e. The van der Waals surface area contributed by atoms with E-state index in [1.165, 1.54) is 5.56 Å². The molecule has 0 aromatic carbocycles. The number of ether oxygens (including phenoxy) is 1. The lowest BCUT2D eigenvalue weighted by atomic mass is 9.89. The predicted octanol–water partition coefficient (Wildman–Crippen LogP) is 4.60. The summed E-state index contributed by atoms with van der Waals surface area (Å²) in [7, 11) is 1.86. The highest BCUT2D eigenvalue weighted by Gasteiger charge is 2.44. The van der Waals surface area contributed by atoms with Crippen LogP contribution in [-0.2, 0) is 32.2 Å². The van der Waals surface area contributed by atoms with E-state index < -0.39 is 36.4 Å². The smallest absolute Gasteiger partial charge is 0.475 e. The Kier molecular flexibility index (Phi) is 14.9. The Labute approximate surface area is 255 Å². The zero-order valence-corrected chi connectivity index (χ0v) is 24.1. The Morgan fingerprint density at radius 3 is 1.80 bits per heavy atom. The summed E-state index contributed by atoms with van der Waals surface area (Å²) in [6.07, 6.45) is -9.99. The number of carboxylic acids is 3. The Balaban J connectivity index is 0.000000413. The molecule has 46 heavy (non-hydrogen) atoms. The summed E-state index contributed by atoms with van der Waals surface area (Å²) in [5.41, 5.74) is 1.28. The van der Waals surface area contributed by atoms with Crippen LogP contribution in [0.3, 0.4) is 0 Å². The molecule has 2 fully saturated rings. The first-order valence-corrected chi connectivity index (χ1v) is 12.9. The highest BCUT2D eigenvalue weighted by Crippen LogP contribution is 2.34. The number of aromatic nitrogens is 1. The summed E-state index contributed by atoms with van der Waals surface area (Å²) >= 11 is 0. The zero-order valence-electron chi connectivity index (χ0n) is 24.1. The van der Waals surface area contributed by atoms with E-state index in [1.807, 2.05) is 32.5 Å². The molecule has 2 aromatic heterocycles. The van der Waals surface area contributed by atoms with Crippen LogP contribution in [-0.4, -0.2) is 105 Å².